The SMILES string of the molecule is C#CC1CCN(c2nc(C(COC3CCCCO3)(OC3CC3)c3ccccc3)c3cc(-c4cn(C)c(=O)c5c4ccn5S(=O)(=O)c4ccc(C)cc4)ccc3n2)CC1. The average Bonchev–Trinajstić information content (AvgIpc) is 3.96. The number of hydrogen-bond donors (Lipinski definition) is 0. The summed E-state index contributed by atoms with van der Waals surface area (Å²) in [6.07, 6.45) is 15.0. The fraction of sp³-hybridized carbons (Fsp3) is 0.370. The lowest BCUT2D eigenvalue weighted by molar-refractivity contribution is -0.197. The van der Waals surface area contributed by atoms with Gasteiger partial charge in [0.05, 0.1) is 28.8 Å². The zero-order chi connectivity index (χ0) is 40.0. The first-order valence-corrected chi connectivity index (χ1v) is 21.6. The number of hydrogen-bond acceptors (Lipinski definition) is 9. The van der Waals surface area contributed by atoms with Crippen molar-refractivity contribution < 1.29 is 22.6 Å². The van der Waals surface area contributed by atoms with Gasteiger partial charge in [0, 0.05) is 61.4 Å². The fourth-order valence-corrected chi connectivity index (χ4v) is 9.59. The van der Waals surface area contributed by atoms with Crippen molar-refractivity contribution in [1.29, 1.82) is 0 Å². The topological polar surface area (TPSA) is 118 Å². The first-order valence-electron chi connectivity index (χ1n) is 20.2. The highest BCUT2D eigenvalue weighted by Crippen LogP contribution is 2.44. The Bertz CT molecular complexity index is 2690. The maximum Gasteiger partial charge on any atom is 0.275 e. The second kappa shape index (κ2) is 15.5. The van der Waals surface area contributed by atoms with Crippen LogP contribution in [0, 0.1) is 25.2 Å². The van der Waals surface area contributed by atoms with Crippen LogP contribution in [0.25, 0.3) is 32.9 Å². The first kappa shape index (κ1) is 38.2. The molecule has 12 heteroatoms. The number of terminal acetylenes is 1. The molecule has 2 atom stereocenters. The first-order chi connectivity index (χ1) is 28.1. The number of nitrogens with zero attached hydrogens (tertiary/aromatic N) is 5. The largest absolute Gasteiger partial charge is 0.358 e. The molecule has 6 aromatic rings. The predicted molar refractivity (Wildman–Crippen MR) is 224 cm³/mol. The van der Waals surface area contributed by atoms with E-state index in [0.717, 1.165) is 89.6 Å². The molecule has 11 nitrogen and oxygen atoms in total. The summed E-state index contributed by atoms with van der Waals surface area (Å²) in [5.41, 5.74) is 3.17. The molecule has 3 aromatic heterocycles. The summed E-state index contributed by atoms with van der Waals surface area (Å²) in [6.45, 7) is 4.16. The molecule has 5 heterocycles. The van der Waals surface area contributed by atoms with Crippen LogP contribution in [0.4, 0.5) is 5.95 Å². The van der Waals surface area contributed by atoms with E-state index in [0.29, 0.717) is 29.2 Å². The van der Waals surface area contributed by atoms with E-state index < -0.39 is 21.2 Å². The van der Waals surface area contributed by atoms with Crippen LogP contribution >= 0.6 is 0 Å². The molecule has 3 aliphatic rings. The molecule has 0 N–H and O–H groups in total. The molecule has 0 radical (unpaired) electrons. The molecule has 0 spiro atoms. The molecular weight excluding hydrogens is 751 g/mol. The van der Waals surface area contributed by atoms with Crippen LogP contribution in [0.3, 0.4) is 0 Å². The lowest BCUT2D eigenvalue weighted by Gasteiger charge is -2.37. The van der Waals surface area contributed by atoms with E-state index in [9.17, 15) is 13.2 Å². The second-order valence-electron chi connectivity index (χ2n) is 15.8. The molecule has 0 amide bonds. The number of ether oxygens (including phenoxy) is 3. The Morgan fingerprint density at radius 3 is 2.41 bits per heavy atom. The molecular formula is C46H47N5O6S. The van der Waals surface area contributed by atoms with Crippen LogP contribution in [0.15, 0.2) is 101 Å². The lowest BCUT2D eigenvalue weighted by Crippen LogP contribution is -2.41. The van der Waals surface area contributed by atoms with E-state index in [4.69, 9.17) is 30.6 Å². The van der Waals surface area contributed by atoms with Gasteiger partial charge in [-0.3, -0.25) is 4.79 Å². The van der Waals surface area contributed by atoms with Gasteiger partial charge in [-0.25, -0.2) is 22.4 Å². The molecule has 1 aliphatic carbocycles. The molecule has 3 aromatic carbocycles. The third-order valence-corrected chi connectivity index (χ3v) is 13.4. The van der Waals surface area contributed by atoms with E-state index in [2.05, 4.69) is 23.0 Å². The molecule has 298 valence electrons. The summed E-state index contributed by atoms with van der Waals surface area (Å²) in [5, 5.41) is 1.26. The standard InChI is InChI=1S/C46H47N5O6S/c1-4-32-21-24-50(25-22-32)45-47-40-20-15-33(39-29-49(3)44(52)42-37(39)23-26-51(42)58(53,54)36-18-13-31(2)14-19-36)28-38(40)43(48-45)46(57-35-16-17-35,34-10-6-5-7-11-34)30-56-41-12-8-9-27-55-41/h1,5-7,10-11,13-15,18-20,23,26,28-29,32,35,41H,8-9,12,16-17,21-22,24-25,27,30H2,2-3H3. The highest BCUT2D eigenvalue weighted by Gasteiger charge is 2.45. The summed E-state index contributed by atoms with van der Waals surface area (Å²) >= 11 is 0. The van der Waals surface area contributed by atoms with E-state index in [-0.39, 0.29) is 35.3 Å². The highest BCUT2D eigenvalue weighted by molar-refractivity contribution is 7.90. The molecule has 2 aliphatic heterocycles. The summed E-state index contributed by atoms with van der Waals surface area (Å²) in [7, 11) is -2.44. The third-order valence-electron chi connectivity index (χ3n) is 11.7. The normalized spacial score (nSPS) is 19.0. The van der Waals surface area contributed by atoms with Gasteiger partial charge in [0.2, 0.25) is 5.95 Å². The number of benzene rings is 3. The van der Waals surface area contributed by atoms with Gasteiger partial charge in [0.15, 0.2) is 11.9 Å². The Morgan fingerprint density at radius 2 is 1.71 bits per heavy atom. The Hall–Kier alpha value is -5.32. The molecule has 1 saturated carbocycles. The third kappa shape index (κ3) is 7.11. The van der Waals surface area contributed by atoms with Gasteiger partial charge >= 0.3 is 0 Å². The summed E-state index contributed by atoms with van der Waals surface area (Å²) < 4.78 is 50.5. The molecule has 9 rings (SSSR count). The maximum atomic E-state index is 14.0. The minimum absolute atomic E-state index is 0.0117. The van der Waals surface area contributed by atoms with Gasteiger partial charge in [0.25, 0.3) is 15.6 Å². The van der Waals surface area contributed by atoms with Crippen molar-refractivity contribution in [3.63, 3.8) is 0 Å². The Morgan fingerprint density at radius 1 is 0.931 bits per heavy atom. The van der Waals surface area contributed by atoms with Crippen LogP contribution < -0.4 is 10.5 Å². The van der Waals surface area contributed by atoms with Crippen molar-refractivity contribution in [2.75, 3.05) is 31.2 Å². The molecule has 2 saturated heterocycles. The minimum atomic E-state index is -4.08. The predicted octanol–water partition coefficient (Wildman–Crippen LogP) is 7.31. The number of fused-ring (bicyclic) bond motifs is 2. The van der Waals surface area contributed by atoms with Crippen molar-refractivity contribution in [3.05, 3.63) is 118 Å². The molecule has 58 heavy (non-hydrogen) atoms. The van der Waals surface area contributed by atoms with Gasteiger partial charge in [-0.1, -0.05) is 54.1 Å². The van der Waals surface area contributed by atoms with Gasteiger partial charge in [0.1, 0.15) is 5.52 Å². The van der Waals surface area contributed by atoms with Crippen LogP contribution in [-0.4, -0.2) is 65.6 Å². The summed E-state index contributed by atoms with van der Waals surface area (Å²) in [6, 6.07) is 24.4. The molecule has 3 fully saturated rings. The van der Waals surface area contributed by atoms with Gasteiger partial charge < -0.3 is 23.7 Å². The van der Waals surface area contributed by atoms with Gasteiger partial charge in [-0.2, -0.15) is 0 Å². The summed E-state index contributed by atoms with van der Waals surface area (Å²) in [4.78, 5) is 26.7. The van der Waals surface area contributed by atoms with Crippen molar-refractivity contribution in [3.8, 4) is 23.5 Å². The lowest BCUT2D eigenvalue weighted by atomic mass is 9.87. The van der Waals surface area contributed by atoms with Gasteiger partial charge in [-0.15, -0.1) is 12.3 Å². The fourth-order valence-electron chi connectivity index (χ4n) is 8.24. The zero-order valence-electron chi connectivity index (χ0n) is 32.8. The summed E-state index contributed by atoms with van der Waals surface area (Å²) in [5.74, 6) is 3.74. The van der Waals surface area contributed by atoms with Crippen LogP contribution in [0.5, 0.6) is 0 Å². The van der Waals surface area contributed by atoms with Crippen molar-refractivity contribution in [2.24, 2.45) is 13.0 Å². The maximum absolute atomic E-state index is 14.0. The van der Waals surface area contributed by atoms with Gasteiger partial charge in [-0.05, 0) is 93.3 Å². The second-order valence-corrected chi connectivity index (χ2v) is 17.6. The zero-order valence-corrected chi connectivity index (χ0v) is 33.7. The van der Waals surface area contributed by atoms with Crippen LogP contribution in [-0.2, 0) is 36.9 Å². The highest BCUT2D eigenvalue weighted by atomic mass is 32.2. The smallest absolute Gasteiger partial charge is 0.275 e. The Labute approximate surface area is 338 Å². The van der Waals surface area contributed by atoms with Crippen LogP contribution in [0.2, 0.25) is 0 Å². The van der Waals surface area contributed by atoms with E-state index >= 15 is 0 Å². The molecule has 2 unspecified atom stereocenters. The number of aryl methyl sites for hydroxylation is 2. The number of rotatable bonds is 11. The van der Waals surface area contributed by atoms with Crippen molar-refractivity contribution >= 4 is 37.8 Å². The Balaban J connectivity index is 1.25. The van der Waals surface area contributed by atoms with E-state index in [1.807, 2.05) is 43.3 Å². The van der Waals surface area contributed by atoms with Crippen LogP contribution in [0.1, 0.15) is 61.8 Å². The Kier molecular flexibility index (Phi) is 10.2. The quantitative estimate of drug-likeness (QED) is 0.124. The number of aromatic nitrogens is 4. The number of anilines is 1. The minimum Gasteiger partial charge on any atom is -0.358 e. The average molecular weight is 798 g/mol. The van der Waals surface area contributed by atoms with E-state index in [1.54, 1.807) is 43.6 Å². The van der Waals surface area contributed by atoms with Crippen molar-refractivity contribution in [2.45, 2.75) is 74.8 Å². The number of pyridine rings is 1. The van der Waals surface area contributed by atoms with E-state index in [1.165, 1.54) is 10.8 Å². The number of piperidine rings is 1. The van der Waals surface area contributed by atoms with Crippen molar-refractivity contribution in [1.82, 2.24) is 18.5 Å². The molecule has 0 bridgehead atoms. The monoisotopic (exact) mass is 797 g/mol.